The maximum Gasteiger partial charge on any atom is 0.336 e. The number of nitrogens with one attached hydrogen (secondary N) is 1. The Balaban J connectivity index is 1.84. The van der Waals surface area contributed by atoms with Crippen LogP contribution in [0.5, 0.6) is 0 Å². The van der Waals surface area contributed by atoms with Gasteiger partial charge in [-0.3, -0.25) is 9.59 Å². The summed E-state index contributed by atoms with van der Waals surface area (Å²) in [4.78, 5) is 37.0. The summed E-state index contributed by atoms with van der Waals surface area (Å²) >= 11 is 6.07. The fourth-order valence-corrected chi connectivity index (χ4v) is 3.64. The third-order valence-corrected chi connectivity index (χ3v) is 5.44. The normalized spacial score (nSPS) is 12.4. The van der Waals surface area contributed by atoms with Gasteiger partial charge in [0.2, 0.25) is 5.91 Å². The topological polar surface area (TPSA) is 88.4 Å². The molecule has 0 spiro atoms. The number of carboxylic acids is 1. The summed E-state index contributed by atoms with van der Waals surface area (Å²) in [5.41, 5.74) is 2.06. The maximum absolute atomic E-state index is 12.8. The number of carboxylic acid groups (broad SMARTS) is 1. The third kappa shape index (κ3) is 4.74. The third-order valence-electron chi connectivity index (χ3n) is 5.21. The first-order chi connectivity index (χ1) is 15.2. The molecule has 1 heterocycles. The molecule has 0 radical (unpaired) electrons. The number of benzene rings is 2. The molecule has 1 amide bonds. The molecule has 2 atom stereocenters. The summed E-state index contributed by atoms with van der Waals surface area (Å²) in [7, 11) is 0. The number of halogens is 1. The number of aromatic nitrogens is 1. The van der Waals surface area contributed by atoms with Gasteiger partial charge in [-0.1, -0.05) is 35.7 Å². The SMILES string of the molecule is C#Cc1ccc(Cl)cc1-c1ccn(C(C)C(=O)NC(C)c2ccccc2C(=O)O)c(=O)c1. The average Bonchev–Trinajstić information content (AvgIpc) is 2.78. The molecule has 2 N–H and O–H groups in total. The molecule has 1 aromatic heterocycles. The molecule has 0 aliphatic rings. The standard InChI is InChI=1S/C25H21ClN2O4/c1-4-17-9-10-19(26)14-22(17)18-11-12-28(23(29)13-18)16(3)24(30)27-15(2)20-7-5-6-8-21(20)25(31)32/h1,5-16H,2-3H3,(H,27,30)(H,31,32). The molecule has 32 heavy (non-hydrogen) atoms. The number of carbonyl (C=O) groups excluding carboxylic acids is 1. The number of carbonyl (C=O) groups is 2. The van der Waals surface area contributed by atoms with E-state index in [2.05, 4.69) is 11.2 Å². The molecule has 0 saturated carbocycles. The van der Waals surface area contributed by atoms with E-state index in [0.29, 0.717) is 27.3 Å². The van der Waals surface area contributed by atoms with Gasteiger partial charge in [-0.15, -0.1) is 6.42 Å². The van der Waals surface area contributed by atoms with Crippen LogP contribution >= 0.6 is 11.6 Å². The minimum atomic E-state index is -1.08. The summed E-state index contributed by atoms with van der Waals surface area (Å²) < 4.78 is 1.30. The van der Waals surface area contributed by atoms with Crippen LogP contribution in [0, 0.1) is 12.3 Å². The van der Waals surface area contributed by atoms with Crippen molar-refractivity contribution in [3.63, 3.8) is 0 Å². The van der Waals surface area contributed by atoms with Gasteiger partial charge in [-0.25, -0.2) is 4.79 Å². The number of nitrogens with zero attached hydrogens (tertiary/aromatic N) is 1. The molecular weight excluding hydrogens is 428 g/mol. The Morgan fingerprint density at radius 3 is 2.50 bits per heavy atom. The van der Waals surface area contributed by atoms with Crippen LogP contribution < -0.4 is 10.9 Å². The van der Waals surface area contributed by atoms with Crippen molar-refractivity contribution in [3.05, 3.63) is 92.9 Å². The van der Waals surface area contributed by atoms with Crippen LogP contribution in [0.1, 0.15) is 47.4 Å². The highest BCUT2D eigenvalue weighted by atomic mass is 35.5. The van der Waals surface area contributed by atoms with Crippen molar-refractivity contribution in [3.8, 4) is 23.5 Å². The van der Waals surface area contributed by atoms with E-state index in [0.717, 1.165) is 0 Å². The molecule has 0 bridgehead atoms. The van der Waals surface area contributed by atoms with Crippen molar-refractivity contribution in [2.75, 3.05) is 0 Å². The van der Waals surface area contributed by atoms with E-state index in [1.54, 1.807) is 56.3 Å². The van der Waals surface area contributed by atoms with Gasteiger partial charge in [0.25, 0.3) is 5.56 Å². The predicted molar refractivity (Wildman–Crippen MR) is 124 cm³/mol. The molecule has 7 heteroatoms. The molecule has 2 unspecified atom stereocenters. The fourth-order valence-electron chi connectivity index (χ4n) is 3.47. The van der Waals surface area contributed by atoms with Gasteiger partial charge in [0.1, 0.15) is 6.04 Å². The second-order valence-corrected chi connectivity index (χ2v) is 7.73. The Bertz CT molecular complexity index is 1290. The lowest BCUT2D eigenvalue weighted by atomic mass is 10.0. The van der Waals surface area contributed by atoms with Crippen LogP contribution in [0.15, 0.2) is 65.6 Å². The Hall–Kier alpha value is -3.82. The van der Waals surface area contributed by atoms with Gasteiger partial charge >= 0.3 is 5.97 Å². The number of hydrogen-bond donors (Lipinski definition) is 2. The van der Waals surface area contributed by atoms with Gasteiger partial charge in [-0.2, -0.15) is 0 Å². The lowest BCUT2D eigenvalue weighted by molar-refractivity contribution is -0.124. The lowest BCUT2D eigenvalue weighted by Gasteiger charge is -2.21. The number of rotatable bonds is 6. The highest BCUT2D eigenvalue weighted by Gasteiger charge is 2.21. The van der Waals surface area contributed by atoms with E-state index in [9.17, 15) is 19.5 Å². The Kier molecular flexibility index (Phi) is 6.82. The molecule has 0 saturated heterocycles. The Labute approximate surface area is 190 Å². The molecule has 0 aliphatic heterocycles. The minimum Gasteiger partial charge on any atom is -0.478 e. The summed E-state index contributed by atoms with van der Waals surface area (Å²) in [6.07, 6.45) is 7.08. The summed E-state index contributed by atoms with van der Waals surface area (Å²) in [6, 6.07) is 13.2. The number of hydrogen-bond acceptors (Lipinski definition) is 3. The van der Waals surface area contributed by atoms with E-state index in [-0.39, 0.29) is 11.1 Å². The van der Waals surface area contributed by atoms with Crippen LogP contribution in [-0.4, -0.2) is 21.6 Å². The minimum absolute atomic E-state index is 0.111. The quantitative estimate of drug-likeness (QED) is 0.551. The van der Waals surface area contributed by atoms with Crippen LogP contribution in [0.3, 0.4) is 0 Å². The smallest absolute Gasteiger partial charge is 0.336 e. The van der Waals surface area contributed by atoms with Crippen molar-refractivity contribution in [2.45, 2.75) is 25.9 Å². The Morgan fingerprint density at radius 1 is 1.12 bits per heavy atom. The average molecular weight is 449 g/mol. The molecule has 0 aliphatic carbocycles. The molecule has 6 nitrogen and oxygen atoms in total. The van der Waals surface area contributed by atoms with E-state index in [1.165, 1.54) is 22.9 Å². The van der Waals surface area contributed by atoms with Gasteiger partial charge in [0.15, 0.2) is 0 Å². The first kappa shape index (κ1) is 22.9. The van der Waals surface area contributed by atoms with Gasteiger partial charge in [-0.05, 0) is 60.9 Å². The van der Waals surface area contributed by atoms with Crippen LogP contribution in [0.2, 0.25) is 5.02 Å². The first-order valence-electron chi connectivity index (χ1n) is 9.84. The summed E-state index contributed by atoms with van der Waals surface area (Å²) in [5.74, 6) is 1.08. The lowest BCUT2D eigenvalue weighted by Crippen LogP contribution is -2.37. The molecule has 162 valence electrons. The fraction of sp³-hybridized carbons (Fsp3) is 0.160. The number of pyridine rings is 1. The van der Waals surface area contributed by atoms with Crippen molar-refractivity contribution >= 4 is 23.5 Å². The van der Waals surface area contributed by atoms with E-state index >= 15 is 0 Å². The van der Waals surface area contributed by atoms with Crippen molar-refractivity contribution in [1.29, 1.82) is 0 Å². The van der Waals surface area contributed by atoms with Gasteiger partial charge in [0, 0.05) is 22.8 Å². The van der Waals surface area contributed by atoms with Crippen molar-refractivity contribution in [2.24, 2.45) is 0 Å². The van der Waals surface area contributed by atoms with E-state index < -0.39 is 24.0 Å². The number of aromatic carboxylic acids is 1. The van der Waals surface area contributed by atoms with E-state index in [4.69, 9.17) is 18.0 Å². The second-order valence-electron chi connectivity index (χ2n) is 7.29. The Morgan fingerprint density at radius 2 is 1.84 bits per heavy atom. The van der Waals surface area contributed by atoms with Crippen molar-refractivity contribution in [1.82, 2.24) is 9.88 Å². The zero-order valence-electron chi connectivity index (χ0n) is 17.5. The molecule has 3 rings (SSSR count). The van der Waals surface area contributed by atoms with E-state index in [1.807, 2.05) is 0 Å². The molecule has 3 aromatic rings. The summed E-state index contributed by atoms with van der Waals surface area (Å²) in [5, 5.41) is 12.6. The zero-order valence-corrected chi connectivity index (χ0v) is 18.3. The molecular formula is C25H21ClN2O4. The largest absolute Gasteiger partial charge is 0.478 e. The van der Waals surface area contributed by atoms with Crippen LogP contribution in [0.25, 0.3) is 11.1 Å². The molecule has 0 fully saturated rings. The molecule has 2 aromatic carbocycles. The highest BCUT2D eigenvalue weighted by Crippen LogP contribution is 2.26. The number of amides is 1. The highest BCUT2D eigenvalue weighted by molar-refractivity contribution is 6.30. The zero-order chi connectivity index (χ0) is 23.4. The summed E-state index contributed by atoms with van der Waals surface area (Å²) in [6.45, 7) is 3.29. The monoisotopic (exact) mass is 448 g/mol. The van der Waals surface area contributed by atoms with Gasteiger partial charge in [0.05, 0.1) is 11.6 Å². The first-order valence-corrected chi connectivity index (χ1v) is 10.2. The maximum atomic E-state index is 12.8. The van der Waals surface area contributed by atoms with Crippen molar-refractivity contribution < 1.29 is 14.7 Å². The second kappa shape index (κ2) is 9.54. The van der Waals surface area contributed by atoms with Crippen LogP contribution in [0.4, 0.5) is 0 Å². The number of terminal acetylenes is 1. The van der Waals surface area contributed by atoms with Gasteiger partial charge < -0.3 is 15.0 Å². The predicted octanol–water partition coefficient (Wildman–Crippen LogP) is 4.29. The van der Waals surface area contributed by atoms with Crippen LogP contribution in [-0.2, 0) is 4.79 Å².